The number of benzene rings is 1. The highest BCUT2D eigenvalue weighted by atomic mass is 16.3. The van der Waals surface area contributed by atoms with Crippen LogP contribution in [0.4, 0.5) is 0 Å². The van der Waals surface area contributed by atoms with E-state index >= 15 is 0 Å². The zero-order valence-electron chi connectivity index (χ0n) is 12.9. The fraction of sp³-hybridized carbons (Fsp3) is 0.500. The van der Waals surface area contributed by atoms with Crippen LogP contribution in [0.1, 0.15) is 54.6 Å². The number of pyridine rings is 1. The van der Waals surface area contributed by atoms with Crippen molar-refractivity contribution in [1.82, 2.24) is 4.98 Å². The van der Waals surface area contributed by atoms with E-state index in [1.165, 1.54) is 35.2 Å². The monoisotopic (exact) mass is 269 g/mol. The molecule has 0 saturated carbocycles. The summed E-state index contributed by atoms with van der Waals surface area (Å²) in [5, 5.41) is 11.8. The zero-order chi connectivity index (χ0) is 14.5. The lowest BCUT2D eigenvalue weighted by atomic mass is 9.82. The van der Waals surface area contributed by atoms with E-state index in [0.29, 0.717) is 0 Å². The molecule has 0 bridgehead atoms. The molecule has 1 aliphatic carbocycles. The number of hydrogen-bond donors (Lipinski definition) is 1. The molecule has 1 aromatic heterocycles. The SMILES string of the molecule is Cc1cc(C)c2nc3c(c(C(C)(C)O)c2c1)CCCC3. The van der Waals surface area contributed by atoms with Crippen LogP contribution >= 0.6 is 0 Å². The molecule has 0 spiro atoms. The van der Waals surface area contributed by atoms with Crippen LogP contribution in [0.15, 0.2) is 12.1 Å². The molecular weight excluding hydrogens is 246 g/mol. The largest absolute Gasteiger partial charge is 0.386 e. The molecule has 0 saturated heterocycles. The average molecular weight is 269 g/mol. The molecule has 0 radical (unpaired) electrons. The minimum atomic E-state index is -0.817. The number of nitrogens with zero attached hydrogens (tertiary/aromatic N) is 1. The van der Waals surface area contributed by atoms with Gasteiger partial charge in [0.1, 0.15) is 0 Å². The van der Waals surface area contributed by atoms with E-state index < -0.39 is 5.60 Å². The number of fused-ring (bicyclic) bond motifs is 2. The molecule has 1 aliphatic rings. The fourth-order valence-electron chi connectivity index (χ4n) is 3.58. The van der Waals surface area contributed by atoms with Gasteiger partial charge in [-0.3, -0.25) is 4.98 Å². The van der Waals surface area contributed by atoms with E-state index in [4.69, 9.17) is 4.98 Å². The van der Waals surface area contributed by atoms with Crippen LogP contribution in [0.3, 0.4) is 0 Å². The smallest absolute Gasteiger partial charge is 0.0850 e. The normalized spacial score (nSPS) is 15.4. The Balaban J connectivity index is 2.46. The van der Waals surface area contributed by atoms with Crippen LogP contribution in [0.2, 0.25) is 0 Å². The van der Waals surface area contributed by atoms with Gasteiger partial charge in [-0.05, 0) is 76.1 Å². The fourth-order valence-corrected chi connectivity index (χ4v) is 3.58. The van der Waals surface area contributed by atoms with Crippen LogP contribution in [0.25, 0.3) is 10.9 Å². The summed E-state index contributed by atoms with van der Waals surface area (Å²) in [5.74, 6) is 0. The molecule has 0 amide bonds. The third-order valence-corrected chi connectivity index (χ3v) is 4.31. The van der Waals surface area contributed by atoms with Crippen molar-refractivity contribution in [3.8, 4) is 0 Å². The zero-order valence-corrected chi connectivity index (χ0v) is 12.9. The highest BCUT2D eigenvalue weighted by molar-refractivity contribution is 5.88. The number of hydrogen-bond acceptors (Lipinski definition) is 2. The Bertz CT molecular complexity index is 680. The molecule has 0 atom stereocenters. The van der Waals surface area contributed by atoms with Gasteiger partial charge < -0.3 is 5.11 Å². The van der Waals surface area contributed by atoms with E-state index in [1.807, 2.05) is 13.8 Å². The molecule has 2 nitrogen and oxygen atoms in total. The Morgan fingerprint density at radius 1 is 1.10 bits per heavy atom. The molecule has 0 unspecified atom stereocenters. The summed E-state index contributed by atoms with van der Waals surface area (Å²) in [7, 11) is 0. The highest BCUT2D eigenvalue weighted by Gasteiger charge is 2.27. The van der Waals surface area contributed by atoms with Crippen LogP contribution in [-0.4, -0.2) is 10.1 Å². The van der Waals surface area contributed by atoms with Crippen LogP contribution in [0, 0.1) is 13.8 Å². The van der Waals surface area contributed by atoms with Gasteiger partial charge in [-0.15, -0.1) is 0 Å². The van der Waals surface area contributed by atoms with Crippen LogP contribution in [0.5, 0.6) is 0 Å². The van der Waals surface area contributed by atoms with Crippen molar-refractivity contribution in [1.29, 1.82) is 0 Å². The van der Waals surface area contributed by atoms with E-state index in [9.17, 15) is 5.11 Å². The first-order valence-corrected chi connectivity index (χ1v) is 7.53. The molecule has 1 heterocycles. The average Bonchev–Trinajstić information content (AvgIpc) is 2.35. The van der Waals surface area contributed by atoms with Gasteiger partial charge in [0.25, 0.3) is 0 Å². The summed E-state index contributed by atoms with van der Waals surface area (Å²) < 4.78 is 0. The first-order chi connectivity index (χ1) is 9.38. The lowest BCUT2D eigenvalue weighted by Crippen LogP contribution is -2.22. The first kappa shape index (κ1) is 13.6. The van der Waals surface area contributed by atoms with Crippen molar-refractivity contribution in [2.45, 2.75) is 59.0 Å². The van der Waals surface area contributed by atoms with Gasteiger partial charge in [0.05, 0.1) is 11.1 Å². The molecular formula is C18H23NO. The van der Waals surface area contributed by atoms with Gasteiger partial charge in [-0.1, -0.05) is 11.6 Å². The molecule has 1 N–H and O–H groups in total. The second kappa shape index (κ2) is 4.56. The molecule has 0 fully saturated rings. The number of aryl methyl sites for hydroxylation is 3. The van der Waals surface area contributed by atoms with Crippen LogP contribution < -0.4 is 0 Å². The Morgan fingerprint density at radius 3 is 2.50 bits per heavy atom. The Hall–Kier alpha value is -1.41. The molecule has 3 rings (SSSR count). The standard InChI is InChI=1S/C18H23NO/c1-11-9-12(2)17-14(10-11)16(18(3,4)20)13-7-5-6-8-15(13)19-17/h9-10,20H,5-8H2,1-4H3. The Kier molecular flexibility index (Phi) is 3.09. The van der Waals surface area contributed by atoms with Gasteiger partial charge in [0.2, 0.25) is 0 Å². The number of aliphatic hydroxyl groups is 1. The molecule has 0 aliphatic heterocycles. The predicted octanol–water partition coefficient (Wildman–Crippen LogP) is 3.96. The predicted molar refractivity (Wildman–Crippen MR) is 83.1 cm³/mol. The van der Waals surface area contributed by atoms with Gasteiger partial charge in [0.15, 0.2) is 0 Å². The van der Waals surface area contributed by atoms with Gasteiger partial charge in [0, 0.05) is 11.1 Å². The maximum absolute atomic E-state index is 10.7. The second-order valence-corrected chi connectivity index (χ2v) is 6.66. The topological polar surface area (TPSA) is 33.1 Å². The van der Waals surface area contributed by atoms with Crippen molar-refractivity contribution in [2.75, 3.05) is 0 Å². The van der Waals surface area contributed by atoms with E-state index in [0.717, 1.165) is 29.3 Å². The quantitative estimate of drug-likeness (QED) is 0.850. The van der Waals surface area contributed by atoms with Gasteiger partial charge >= 0.3 is 0 Å². The van der Waals surface area contributed by atoms with Gasteiger partial charge in [-0.25, -0.2) is 0 Å². The third-order valence-electron chi connectivity index (χ3n) is 4.31. The van der Waals surface area contributed by atoms with E-state index in [2.05, 4.69) is 26.0 Å². The Labute approximate surface area is 120 Å². The minimum absolute atomic E-state index is 0.817. The summed E-state index contributed by atoms with van der Waals surface area (Å²) in [6, 6.07) is 4.36. The van der Waals surface area contributed by atoms with Crippen molar-refractivity contribution in [3.63, 3.8) is 0 Å². The van der Waals surface area contributed by atoms with E-state index in [1.54, 1.807) is 0 Å². The van der Waals surface area contributed by atoms with Gasteiger partial charge in [-0.2, -0.15) is 0 Å². The molecule has 2 heteroatoms. The van der Waals surface area contributed by atoms with Crippen molar-refractivity contribution < 1.29 is 5.11 Å². The first-order valence-electron chi connectivity index (χ1n) is 7.53. The summed E-state index contributed by atoms with van der Waals surface area (Å²) in [6.07, 6.45) is 4.50. The summed E-state index contributed by atoms with van der Waals surface area (Å²) >= 11 is 0. The summed E-state index contributed by atoms with van der Waals surface area (Å²) in [4.78, 5) is 4.92. The molecule has 2 aromatic rings. The molecule has 1 aromatic carbocycles. The lowest BCUT2D eigenvalue weighted by Gasteiger charge is -2.28. The Morgan fingerprint density at radius 2 is 1.80 bits per heavy atom. The molecule has 106 valence electrons. The van der Waals surface area contributed by atoms with Crippen molar-refractivity contribution in [2.24, 2.45) is 0 Å². The number of rotatable bonds is 1. The number of aromatic nitrogens is 1. The van der Waals surface area contributed by atoms with Crippen molar-refractivity contribution >= 4 is 10.9 Å². The molecule has 20 heavy (non-hydrogen) atoms. The highest BCUT2D eigenvalue weighted by Crippen LogP contribution is 2.37. The maximum Gasteiger partial charge on any atom is 0.0850 e. The second-order valence-electron chi connectivity index (χ2n) is 6.66. The van der Waals surface area contributed by atoms with E-state index in [-0.39, 0.29) is 0 Å². The summed E-state index contributed by atoms with van der Waals surface area (Å²) in [5.41, 5.74) is 6.28. The minimum Gasteiger partial charge on any atom is -0.386 e. The third kappa shape index (κ3) is 2.12. The maximum atomic E-state index is 10.7. The van der Waals surface area contributed by atoms with Crippen LogP contribution in [-0.2, 0) is 18.4 Å². The summed E-state index contributed by atoms with van der Waals surface area (Å²) in [6.45, 7) is 8.02. The van der Waals surface area contributed by atoms with Crippen molar-refractivity contribution in [3.05, 3.63) is 40.1 Å². The lowest BCUT2D eigenvalue weighted by molar-refractivity contribution is 0.0789.